The van der Waals surface area contributed by atoms with Crippen LogP contribution in [0.25, 0.3) is 11.0 Å². The van der Waals surface area contributed by atoms with E-state index >= 15 is 0 Å². The predicted molar refractivity (Wildman–Crippen MR) is 60.5 cm³/mol. The smallest absolute Gasteiger partial charge is 0.201 e. The molecule has 0 aliphatic heterocycles. The van der Waals surface area contributed by atoms with Gasteiger partial charge in [0, 0.05) is 13.7 Å². The number of hydrogen-bond acceptors (Lipinski definition) is 3. The van der Waals surface area contributed by atoms with E-state index in [0.29, 0.717) is 12.6 Å². The van der Waals surface area contributed by atoms with E-state index in [0.717, 1.165) is 23.1 Å². The number of ether oxygens (including phenoxy) is 1. The third kappa shape index (κ3) is 1.68. The zero-order valence-corrected chi connectivity index (χ0v) is 9.03. The minimum Gasteiger partial charge on any atom is -0.380 e. The van der Waals surface area contributed by atoms with Crippen molar-refractivity contribution in [1.29, 1.82) is 0 Å². The molecular formula is C11H15N3O. The number of aromatic nitrogens is 2. The molecular weight excluding hydrogens is 190 g/mol. The van der Waals surface area contributed by atoms with Crippen molar-refractivity contribution in [1.82, 2.24) is 9.55 Å². The molecule has 1 aromatic carbocycles. The van der Waals surface area contributed by atoms with Gasteiger partial charge >= 0.3 is 0 Å². The highest BCUT2D eigenvalue weighted by Crippen LogP contribution is 2.19. The van der Waals surface area contributed by atoms with Crippen LogP contribution in [0.15, 0.2) is 18.2 Å². The van der Waals surface area contributed by atoms with Crippen molar-refractivity contribution in [3.05, 3.63) is 23.8 Å². The van der Waals surface area contributed by atoms with Gasteiger partial charge in [0.05, 0.1) is 17.6 Å². The summed E-state index contributed by atoms with van der Waals surface area (Å²) in [5.74, 6) is 0.571. The van der Waals surface area contributed by atoms with Crippen molar-refractivity contribution >= 4 is 17.0 Å². The molecule has 0 saturated carbocycles. The number of aryl methyl sites for hydroxylation is 1. The Hall–Kier alpha value is -1.55. The number of nitrogens with zero attached hydrogens (tertiary/aromatic N) is 2. The summed E-state index contributed by atoms with van der Waals surface area (Å²) >= 11 is 0. The third-order valence-electron chi connectivity index (χ3n) is 2.47. The Balaban J connectivity index is 2.54. The van der Waals surface area contributed by atoms with E-state index in [1.165, 1.54) is 0 Å². The van der Waals surface area contributed by atoms with E-state index in [2.05, 4.69) is 11.9 Å². The van der Waals surface area contributed by atoms with Gasteiger partial charge in [-0.1, -0.05) is 6.07 Å². The molecule has 0 saturated heterocycles. The van der Waals surface area contributed by atoms with Crippen molar-refractivity contribution in [3.63, 3.8) is 0 Å². The second-order valence-electron chi connectivity index (χ2n) is 3.47. The fraction of sp³-hybridized carbons (Fsp3) is 0.364. The first-order chi connectivity index (χ1) is 7.26. The highest BCUT2D eigenvalue weighted by Gasteiger charge is 2.06. The van der Waals surface area contributed by atoms with Crippen molar-refractivity contribution in [2.75, 3.05) is 12.8 Å². The average Bonchev–Trinajstić information content (AvgIpc) is 2.53. The lowest BCUT2D eigenvalue weighted by Crippen LogP contribution is -2.00. The second kappa shape index (κ2) is 3.90. The first-order valence-electron chi connectivity index (χ1n) is 4.99. The highest BCUT2D eigenvalue weighted by atomic mass is 16.5. The maximum absolute atomic E-state index is 5.81. The normalized spacial score (nSPS) is 11.1. The van der Waals surface area contributed by atoms with E-state index in [9.17, 15) is 0 Å². The van der Waals surface area contributed by atoms with Crippen LogP contribution in [-0.4, -0.2) is 16.7 Å². The molecule has 0 bridgehead atoms. The molecule has 2 aromatic rings. The predicted octanol–water partition coefficient (Wildman–Crippen LogP) is 1.78. The Morgan fingerprint density at radius 2 is 2.27 bits per heavy atom. The molecule has 0 radical (unpaired) electrons. The number of imidazole rings is 1. The maximum Gasteiger partial charge on any atom is 0.201 e. The van der Waals surface area contributed by atoms with Crippen LogP contribution in [0.2, 0.25) is 0 Å². The molecule has 1 aromatic heterocycles. The van der Waals surface area contributed by atoms with E-state index in [1.54, 1.807) is 7.11 Å². The average molecular weight is 205 g/mol. The van der Waals surface area contributed by atoms with Gasteiger partial charge in [-0.15, -0.1) is 0 Å². The number of rotatable bonds is 3. The minimum absolute atomic E-state index is 0.571. The molecule has 15 heavy (non-hydrogen) atoms. The summed E-state index contributed by atoms with van der Waals surface area (Å²) in [6, 6.07) is 6.09. The molecule has 0 aliphatic carbocycles. The summed E-state index contributed by atoms with van der Waals surface area (Å²) < 4.78 is 7.07. The quantitative estimate of drug-likeness (QED) is 0.831. The molecule has 4 heteroatoms. The Kier molecular flexibility index (Phi) is 2.60. The molecule has 4 nitrogen and oxygen atoms in total. The molecule has 0 aliphatic rings. The van der Waals surface area contributed by atoms with E-state index < -0.39 is 0 Å². The third-order valence-corrected chi connectivity index (χ3v) is 2.47. The minimum atomic E-state index is 0.571. The lowest BCUT2D eigenvalue weighted by atomic mass is 10.2. The van der Waals surface area contributed by atoms with E-state index in [1.807, 2.05) is 22.8 Å². The largest absolute Gasteiger partial charge is 0.380 e. The summed E-state index contributed by atoms with van der Waals surface area (Å²) in [5, 5.41) is 0. The number of nitrogen functional groups attached to an aromatic ring is 1. The first-order valence-corrected chi connectivity index (χ1v) is 4.99. The zero-order chi connectivity index (χ0) is 10.8. The number of nitrogens with two attached hydrogens (primary N) is 1. The Morgan fingerprint density at radius 1 is 1.47 bits per heavy atom. The van der Waals surface area contributed by atoms with Crippen LogP contribution in [0.5, 0.6) is 0 Å². The fourth-order valence-corrected chi connectivity index (χ4v) is 1.78. The van der Waals surface area contributed by atoms with Crippen LogP contribution in [0.3, 0.4) is 0 Å². The van der Waals surface area contributed by atoms with Gasteiger partial charge in [-0.2, -0.15) is 0 Å². The number of fused-ring (bicyclic) bond motifs is 1. The summed E-state index contributed by atoms with van der Waals surface area (Å²) in [7, 11) is 1.68. The summed E-state index contributed by atoms with van der Waals surface area (Å²) in [6.07, 6.45) is 0. The van der Waals surface area contributed by atoms with Crippen LogP contribution < -0.4 is 5.73 Å². The van der Waals surface area contributed by atoms with Crippen molar-refractivity contribution in [2.24, 2.45) is 0 Å². The summed E-state index contributed by atoms with van der Waals surface area (Å²) in [6.45, 7) is 3.50. The molecule has 0 atom stereocenters. The molecule has 0 amide bonds. The maximum atomic E-state index is 5.81. The van der Waals surface area contributed by atoms with Crippen LogP contribution in [0, 0.1) is 0 Å². The first kappa shape index (κ1) is 9.98. The van der Waals surface area contributed by atoms with Gasteiger partial charge in [0.2, 0.25) is 5.95 Å². The van der Waals surface area contributed by atoms with Crippen LogP contribution >= 0.6 is 0 Å². The summed E-state index contributed by atoms with van der Waals surface area (Å²) in [4.78, 5) is 4.31. The Labute approximate surface area is 88.7 Å². The number of hydrogen-bond donors (Lipinski definition) is 1. The number of benzene rings is 1. The zero-order valence-electron chi connectivity index (χ0n) is 9.03. The van der Waals surface area contributed by atoms with Crippen LogP contribution in [0.4, 0.5) is 5.95 Å². The van der Waals surface area contributed by atoms with Gasteiger partial charge in [0.1, 0.15) is 0 Å². The van der Waals surface area contributed by atoms with Crippen molar-refractivity contribution < 1.29 is 4.74 Å². The highest BCUT2D eigenvalue weighted by molar-refractivity contribution is 5.79. The molecule has 0 unspecified atom stereocenters. The van der Waals surface area contributed by atoms with Crippen LogP contribution in [-0.2, 0) is 17.9 Å². The van der Waals surface area contributed by atoms with Gasteiger partial charge in [0.25, 0.3) is 0 Å². The fourth-order valence-electron chi connectivity index (χ4n) is 1.78. The van der Waals surface area contributed by atoms with Gasteiger partial charge in [-0.05, 0) is 24.6 Å². The van der Waals surface area contributed by atoms with Gasteiger partial charge < -0.3 is 15.0 Å². The SMILES string of the molecule is CCn1c(N)nc2cc(COC)ccc21. The van der Waals surface area contributed by atoms with Gasteiger partial charge in [0.15, 0.2) is 0 Å². The van der Waals surface area contributed by atoms with Crippen molar-refractivity contribution in [2.45, 2.75) is 20.1 Å². The lowest BCUT2D eigenvalue weighted by Gasteiger charge is -2.02. The molecule has 80 valence electrons. The second-order valence-corrected chi connectivity index (χ2v) is 3.47. The van der Waals surface area contributed by atoms with E-state index in [4.69, 9.17) is 10.5 Å². The lowest BCUT2D eigenvalue weighted by molar-refractivity contribution is 0.185. The molecule has 0 fully saturated rings. The summed E-state index contributed by atoms with van der Waals surface area (Å²) in [5.41, 5.74) is 8.94. The van der Waals surface area contributed by atoms with Crippen molar-refractivity contribution in [3.8, 4) is 0 Å². The molecule has 2 rings (SSSR count). The number of methoxy groups -OCH3 is 1. The van der Waals surface area contributed by atoms with Gasteiger partial charge in [-0.3, -0.25) is 0 Å². The monoisotopic (exact) mass is 205 g/mol. The van der Waals surface area contributed by atoms with Gasteiger partial charge in [-0.25, -0.2) is 4.98 Å². The number of anilines is 1. The van der Waals surface area contributed by atoms with E-state index in [-0.39, 0.29) is 0 Å². The molecule has 1 heterocycles. The Bertz CT molecular complexity index is 476. The molecule has 2 N–H and O–H groups in total. The molecule has 0 spiro atoms. The standard InChI is InChI=1S/C11H15N3O/c1-3-14-10-5-4-8(7-15-2)6-9(10)13-11(14)12/h4-6H,3,7H2,1-2H3,(H2,12,13). The Morgan fingerprint density at radius 3 is 2.93 bits per heavy atom. The van der Waals surface area contributed by atoms with Crippen LogP contribution in [0.1, 0.15) is 12.5 Å². The topological polar surface area (TPSA) is 53.1 Å².